The highest BCUT2D eigenvalue weighted by Gasteiger charge is 2.53. The van der Waals surface area contributed by atoms with Crippen molar-refractivity contribution in [1.29, 1.82) is 0 Å². The van der Waals surface area contributed by atoms with Crippen molar-refractivity contribution in [3.63, 3.8) is 0 Å². The van der Waals surface area contributed by atoms with Crippen molar-refractivity contribution in [1.82, 2.24) is 15.1 Å². The third-order valence-electron chi connectivity index (χ3n) is 5.00. The summed E-state index contributed by atoms with van der Waals surface area (Å²) >= 11 is 3.47. The zero-order valence-electron chi connectivity index (χ0n) is 15.1. The standard InChI is InChI=1S/C19H24BrN3O3/c1-13(2)21-16(24)17(25)22-8-10-23(11-9-22)18(26)19(6-7-19)14-4-3-5-15(20)12-14/h3-5,12-13H,6-11H2,1-2H3,(H,21,24). The second-order valence-corrected chi connectivity index (χ2v) is 8.22. The van der Waals surface area contributed by atoms with E-state index in [-0.39, 0.29) is 11.9 Å². The molecule has 2 fully saturated rings. The van der Waals surface area contributed by atoms with E-state index in [0.717, 1.165) is 22.9 Å². The van der Waals surface area contributed by atoms with E-state index in [9.17, 15) is 14.4 Å². The van der Waals surface area contributed by atoms with Crippen LogP contribution in [0.2, 0.25) is 0 Å². The normalized spacial score (nSPS) is 18.6. The van der Waals surface area contributed by atoms with Crippen LogP contribution in [-0.2, 0) is 19.8 Å². The number of hydrogen-bond acceptors (Lipinski definition) is 3. The molecule has 7 heteroatoms. The summed E-state index contributed by atoms with van der Waals surface area (Å²) in [6.07, 6.45) is 1.72. The van der Waals surface area contributed by atoms with Gasteiger partial charge in [-0.05, 0) is 44.4 Å². The first kappa shape index (κ1) is 18.9. The van der Waals surface area contributed by atoms with Crippen LogP contribution in [0.4, 0.5) is 0 Å². The molecule has 6 nitrogen and oxygen atoms in total. The molecular formula is C19H24BrN3O3. The maximum Gasteiger partial charge on any atom is 0.312 e. The van der Waals surface area contributed by atoms with E-state index in [1.807, 2.05) is 43.0 Å². The van der Waals surface area contributed by atoms with Gasteiger partial charge in [0.25, 0.3) is 0 Å². The van der Waals surface area contributed by atoms with Gasteiger partial charge >= 0.3 is 11.8 Å². The maximum absolute atomic E-state index is 13.1. The lowest BCUT2D eigenvalue weighted by molar-refractivity contribution is -0.149. The summed E-state index contributed by atoms with van der Waals surface area (Å²) in [5.74, 6) is -0.958. The third-order valence-corrected chi connectivity index (χ3v) is 5.50. The van der Waals surface area contributed by atoms with Gasteiger partial charge in [-0.25, -0.2) is 0 Å². The first-order valence-electron chi connectivity index (χ1n) is 8.99. The summed E-state index contributed by atoms with van der Waals surface area (Å²) in [6.45, 7) is 5.36. The van der Waals surface area contributed by atoms with Crippen molar-refractivity contribution in [2.45, 2.75) is 38.1 Å². The summed E-state index contributed by atoms with van der Waals surface area (Å²) in [5.41, 5.74) is 0.636. The molecule has 3 rings (SSSR count). The van der Waals surface area contributed by atoms with Crippen molar-refractivity contribution in [3.05, 3.63) is 34.3 Å². The Morgan fingerprint density at radius 1 is 1.08 bits per heavy atom. The lowest BCUT2D eigenvalue weighted by Crippen LogP contribution is -2.55. The molecule has 1 saturated heterocycles. The van der Waals surface area contributed by atoms with Crippen LogP contribution in [0.25, 0.3) is 0 Å². The highest BCUT2D eigenvalue weighted by Crippen LogP contribution is 2.50. The van der Waals surface area contributed by atoms with E-state index in [1.54, 1.807) is 0 Å². The van der Waals surface area contributed by atoms with Crippen LogP contribution in [0.15, 0.2) is 28.7 Å². The van der Waals surface area contributed by atoms with Gasteiger partial charge in [0.15, 0.2) is 0 Å². The number of nitrogens with one attached hydrogen (secondary N) is 1. The topological polar surface area (TPSA) is 69.7 Å². The fourth-order valence-electron chi connectivity index (χ4n) is 3.42. The highest BCUT2D eigenvalue weighted by atomic mass is 79.9. The van der Waals surface area contributed by atoms with Gasteiger partial charge < -0.3 is 15.1 Å². The number of amides is 3. The predicted molar refractivity (Wildman–Crippen MR) is 101 cm³/mol. The summed E-state index contributed by atoms with van der Waals surface area (Å²) in [7, 11) is 0. The van der Waals surface area contributed by atoms with Gasteiger partial charge in [-0.2, -0.15) is 0 Å². The summed E-state index contributed by atoms with van der Waals surface area (Å²) in [4.78, 5) is 40.5. The Balaban J connectivity index is 1.61. The van der Waals surface area contributed by atoms with Gasteiger partial charge in [-0.1, -0.05) is 28.1 Å². The molecule has 0 radical (unpaired) electrons. The molecular weight excluding hydrogens is 398 g/mol. The number of carbonyl (C=O) groups excluding carboxylic acids is 3. The number of hydrogen-bond donors (Lipinski definition) is 1. The van der Waals surface area contributed by atoms with Gasteiger partial charge in [0.2, 0.25) is 5.91 Å². The number of piperazine rings is 1. The van der Waals surface area contributed by atoms with Gasteiger partial charge in [0.05, 0.1) is 5.41 Å². The molecule has 3 amide bonds. The van der Waals surface area contributed by atoms with Crippen LogP contribution in [-0.4, -0.2) is 59.7 Å². The van der Waals surface area contributed by atoms with Crippen LogP contribution in [0.1, 0.15) is 32.3 Å². The lowest BCUT2D eigenvalue weighted by atomic mass is 9.94. The first-order valence-corrected chi connectivity index (χ1v) is 9.78. The molecule has 1 aromatic rings. The SMILES string of the molecule is CC(C)NC(=O)C(=O)N1CCN(C(=O)C2(c3cccc(Br)c3)CC2)CC1. The molecule has 0 aromatic heterocycles. The predicted octanol–water partition coefficient (Wildman–Crippen LogP) is 1.68. The molecule has 1 N–H and O–H groups in total. The van der Waals surface area contributed by atoms with E-state index in [2.05, 4.69) is 21.2 Å². The molecule has 0 atom stereocenters. The number of benzene rings is 1. The fourth-order valence-corrected chi connectivity index (χ4v) is 3.82. The molecule has 1 heterocycles. The Kier molecular flexibility index (Phi) is 5.37. The quantitative estimate of drug-likeness (QED) is 0.754. The van der Waals surface area contributed by atoms with Gasteiger partial charge in [-0.15, -0.1) is 0 Å². The van der Waals surface area contributed by atoms with E-state index in [0.29, 0.717) is 26.2 Å². The summed E-state index contributed by atoms with van der Waals surface area (Å²) in [5, 5.41) is 2.62. The zero-order valence-corrected chi connectivity index (χ0v) is 16.7. The minimum absolute atomic E-state index is 0.0748. The molecule has 0 spiro atoms. The van der Waals surface area contributed by atoms with E-state index >= 15 is 0 Å². The van der Waals surface area contributed by atoms with Gasteiger partial charge in [0.1, 0.15) is 0 Å². The number of rotatable bonds is 3. The minimum Gasteiger partial charge on any atom is -0.346 e. The molecule has 1 aromatic carbocycles. The number of carbonyl (C=O) groups is 3. The largest absolute Gasteiger partial charge is 0.346 e. The number of nitrogens with zero attached hydrogens (tertiary/aromatic N) is 2. The molecule has 2 aliphatic rings. The molecule has 0 unspecified atom stereocenters. The van der Waals surface area contributed by atoms with Crippen molar-refractivity contribution in [2.75, 3.05) is 26.2 Å². The average Bonchev–Trinajstić information content (AvgIpc) is 3.42. The Morgan fingerprint density at radius 3 is 2.23 bits per heavy atom. The molecule has 1 saturated carbocycles. The molecule has 140 valence electrons. The third kappa shape index (κ3) is 3.77. The molecule has 1 aliphatic heterocycles. The molecule has 26 heavy (non-hydrogen) atoms. The summed E-state index contributed by atoms with van der Waals surface area (Å²) < 4.78 is 0.973. The maximum atomic E-state index is 13.1. The van der Waals surface area contributed by atoms with E-state index in [1.165, 1.54) is 4.90 Å². The Bertz CT molecular complexity index is 722. The highest BCUT2D eigenvalue weighted by molar-refractivity contribution is 9.10. The second kappa shape index (κ2) is 7.39. The zero-order chi connectivity index (χ0) is 18.9. The fraction of sp³-hybridized carbons (Fsp3) is 0.526. The van der Waals surface area contributed by atoms with Gasteiger partial charge in [0, 0.05) is 36.7 Å². The average molecular weight is 422 g/mol. The van der Waals surface area contributed by atoms with Crippen molar-refractivity contribution < 1.29 is 14.4 Å². The second-order valence-electron chi connectivity index (χ2n) is 7.31. The number of halogens is 1. The molecule has 0 bridgehead atoms. The Morgan fingerprint density at radius 2 is 1.69 bits per heavy atom. The van der Waals surface area contributed by atoms with Crippen LogP contribution >= 0.6 is 15.9 Å². The smallest absolute Gasteiger partial charge is 0.312 e. The van der Waals surface area contributed by atoms with Crippen LogP contribution in [0, 0.1) is 0 Å². The van der Waals surface area contributed by atoms with Gasteiger partial charge in [-0.3, -0.25) is 14.4 Å². The summed E-state index contributed by atoms with van der Waals surface area (Å²) in [6, 6.07) is 7.86. The monoisotopic (exact) mass is 421 g/mol. The Labute approximate surface area is 162 Å². The van der Waals surface area contributed by atoms with Crippen LogP contribution < -0.4 is 5.32 Å². The minimum atomic E-state index is -0.576. The molecule has 1 aliphatic carbocycles. The van der Waals surface area contributed by atoms with E-state index in [4.69, 9.17) is 0 Å². The van der Waals surface area contributed by atoms with Crippen LogP contribution in [0.3, 0.4) is 0 Å². The van der Waals surface area contributed by atoms with Crippen LogP contribution in [0.5, 0.6) is 0 Å². The van der Waals surface area contributed by atoms with E-state index < -0.39 is 17.2 Å². The van der Waals surface area contributed by atoms with Crippen molar-refractivity contribution >= 4 is 33.7 Å². The lowest BCUT2D eigenvalue weighted by Gasteiger charge is -2.36. The first-order chi connectivity index (χ1) is 12.3. The van der Waals surface area contributed by atoms with Crippen molar-refractivity contribution in [3.8, 4) is 0 Å². The Hall–Kier alpha value is -1.89. The van der Waals surface area contributed by atoms with Crippen molar-refractivity contribution in [2.24, 2.45) is 0 Å².